The van der Waals surface area contributed by atoms with Crippen molar-refractivity contribution >= 4 is 34.5 Å². The van der Waals surface area contributed by atoms with Crippen LogP contribution in [-0.4, -0.2) is 20.7 Å². The van der Waals surface area contributed by atoms with Crippen LogP contribution in [0.15, 0.2) is 53.3 Å². The highest BCUT2D eigenvalue weighted by Gasteiger charge is 2.20. The summed E-state index contributed by atoms with van der Waals surface area (Å²) in [6, 6.07) is 15.2. The van der Waals surface area contributed by atoms with Gasteiger partial charge in [-0.1, -0.05) is 59.3 Å². The quantitative estimate of drug-likeness (QED) is 0.445. The fourth-order valence-corrected chi connectivity index (χ4v) is 4.37. The topological polar surface area (TPSA) is 79.8 Å². The fourth-order valence-electron chi connectivity index (χ4n) is 3.27. The number of rotatable bonds is 5. The predicted octanol–water partition coefficient (Wildman–Crippen LogP) is 5.04. The standard InChI is InChI=1S/C23H21ClN4O2S/c1-13-9-10-17(12-19(13)24)26-21(29)20-15(3)25-23(31-20)28-22(30)18(14(2)27-28)11-16-7-5-4-6-8-16/h4-10,12,27H,11H2,1-3H3,(H,26,29). The van der Waals surface area contributed by atoms with Gasteiger partial charge in [-0.2, -0.15) is 4.68 Å². The molecule has 4 rings (SSSR count). The first-order valence-corrected chi connectivity index (χ1v) is 10.9. The number of aromatic amines is 1. The summed E-state index contributed by atoms with van der Waals surface area (Å²) in [5.74, 6) is -0.290. The smallest absolute Gasteiger partial charge is 0.277 e. The van der Waals surface area contributed by atoms with E-state index in [1.54, 1.807) is 19.1 Å². The molecule has 158 valence electrons. The molecule has 2 heterocycles. The van der Waals surface area contributed by atoms with Crippen molar-refractivity contribution < 1.29 is 4.79 Å². The highest BCUT2D eigenvalue weighted by atomic mass is 35.5. The van der Waals surface area contributed by atoms with Gasteiger partial charge in [-0.05, 0) is 44.0 Å². The number of hydrogen-bond acceptors (Lipinski definition) is 4. The molecule has 0 aliphatic heterocycles. The number of thiazole rings is 1. The van der Waals surface area contributed by atoms with Crippen molar-refractivity contribution in [3.63, 3.8) is 0 Å². The zero-order valence-corrected chi connectivity index (χ0v) is 18.9. The number of amides is 1. The molecule has 31 heavy (non-hydrogen) atoms. The van der Waals surface area contributed by atoms with E-state index >= 15 is 0 Å². The second-order valence-corrected chi connectivity index (χ2v) is 8.73. The largest absolute Gasteiger partial charge is 0.321 e. The number of aryl methyl sites for hydroxylation is 3. The van der Waals surface area contributed by atoms with Gasteiger partial charge < -0.3 is 5.32 Å². The number of nitrogens with zero attached hydrogens (tertiary/aromatic N) is 2. The van der Waals surface area contributed by atoms with E-state index in [-0.39, 0.29) is 11.5 Å². The van der Waals surface area contributed by atoms with Crippen molar-refractivity contribution in [2.75, 3.05) is 5.32 Å². The molecule has 0 bridgehead atoms. The van der Waals surface area contributed by atoms with E-state index in [4.69, 9.17) is 11.6 Å². The zero-order chi connectivity index (χ0) is 22.1. The van der Waals surface area contributed by atoms with Crippen LogP contribution >= 0.6 is 22.9 Å². The van der Waals surface area contributed by atoms with Crippen molar-refractivity contribution in [3.05, 3.63) is 96.9 Å². The SMILES string of the molecule is Cc1ccc(NC(=O)c2sc(-n3[nH]c(C)c(Cc4ccccc4)c3=O)nc2C)cc1Cl. The Balaban J connectivity index is 1.61. The molecule has 2 aromatic carbocycles. The Labute approximate surface area is 188 Å². The highest BCUT2D eigenvalue weighted by molar-refractivity contribution is 7.16. The van der Waals surface area contributed by atoms with Crippen LogP contribution < -0.4 is 10.9 Å². The van der Waals surface area contributed by atoms with Crippen molar-refractivity contribution in [2.45, 2.75) is 27.2 Å². The lowest BCUT2D eigenvalue weighted by Gasteiger charge is -2.05. The maximum absolute atomic E-state index is 13.0. The fraction of sp³-hybridized carbons (Fsp3) is 0.174. The van der Waals surface area contributed by atoms with Crippen LogP contribution in [0.1, 0.15) is 37.7 Å². The minimum absolute atomic E-state index is 0.160. The van der Waals surface area contributed by atoms with Crippen molar-refractivity contribution in [3.8, 4) is 5.13 Å². The molecule has 4 aromatic rings. The molecular formula is C23H21ClN4O2S. The zero-order valence-electron chi connectivity index (χ0n) is 17.3. The summed E-state index contributed by atoms with van der Waals surface area (Å²) < 4.78 is 1.41. The monoisotopic (exact) mass is 452 g/mol. The van der Waals surface area contributed by atoms with Crippen LogP contribution in [0.4, 0.5) is 5.69 Å². The Morgan fingerprint density at radius 1 is 1.16 bits per heavy atom. The minimum atomic E-state index is -0.290. The number of hydrogen-bond donors (Lipinski definition) is 2. The Morgan fingerprint density at radius 2 is 1.90 bits per heavy atom. The van der Waals surface area contributed by atoms with Crippen LogP contribution in [0.3, 0.4) is 0 Å². The Kier molecular flexibility index (Phi) is 5.80. The van der Waals surface area contributed by atoms with Crippen LogP contribution in [0.2, 0.25) is 5.02 Å². The van der Waals surface area contributed by atoms with Gasteiger partial charge in [-0.25, -0.2) is 4.98 Å². The molecule has 2 aromatic heterocycles. The second-order valence-electron chi connectivity index (χ2n) is 7.35. The maximum atomic E-state index is 13.0. The van der Waals surface area contributed by atoms with Crippen LogP contribution in [-0.2, 0) is 6.42 Å². The number of benzene rings is 2. The Hall–Kier alpha value is -3.16. The molecule has 0 saturated carbocycles. The number of H-pyrrole nitrogens is 1. The summed E-state index contributed by atoms with van der Waals surface area (Å²) in [5, 5.41) is 6.95. The number of halogens is 1. The van der Waals surface area contributed by atoms with Crippen LogP contribution in [0, 0.1) is 20.8 Å². The number of aromatic nitrogens is 3. The van der Waals surface area contributed by atoms with Crippen molar-refractivity contribution in [1.29, 1.82) is 0 Å². The lowest BCUT2D eigenvalue weighted by Crippen LogP contribution is -2.17. The van der Waals surface area contributed by atoms with Gasteiger partial charge in [0, 0.05) is 28.4 Å². The normalized spacial score (nSPS) is 11.0. The molecule has 0 aliphatic carbocycles. The van der Waals surface area contributed by atoms with Crippen molar-refractivity contribution in [2.24, 2.45) is 0 Å². The van der Waals surface area contributed by atoms with Gasteiger partial charge in [0.25, 0.3) is 11.5 Å². The van der Waals surface area contributed by atoms with Gasteiger partial charge in [0.2, 0.25) is 5.13 Å². The van der Waals surface area contributed by atoms with E-state index < -0.39 is 0 Å². The van der Waals surface area contributed by atoms with Gasteiger partial charge in [0.05, 0.1) is 5.69 Å². The first-order chi connectivity index (χ1) is 14.8. The molecule has 2 N–H and O–H groups in total. The molecule has 1 amide bonds. The molecule has 0 aliphatic rings. The van der Waals surface area contributed by atoms with E-state index in [0.717, 1.165) is 16.8 Å². The highest BCUT2D eigenvalue weighted by Crippen LogP contribution is 2.24. The predicted molar refractivity (Wildman–Crippen MR) is 125 cm³/mol. The van der Waals surface area contributed by atoms with E-state index in [2.05, 4.69) is 15.4 Å². The second kappa shape index (κ2) is 8.53. The molecule has 0 saturated heterocycles. The van der Waals surface area contributed by atoms with Gasteiger partial charge in [0.1, 0.15) is 4.88 Å². The number of anilines is 1. The van der Waals surface area contributed by atoms with E-state index in [1.807, 2.05) is 50.2 Å². The average Bonchev–Trinajstić information content (AvgIpc) is 3.26. The third-order valence-corrected chi connectivity index (χ3v) is 6.58. The van der Waals surface area contributed by atoms with Crippen molar-refractivity contribution in [1.82, 2.24) is 14.8 Å². The van der Waals surface area contributed by atoms with E-state index in [1.165, 1.54) is 16.0 Å². The Bertz CT molecular complexity index is 1320. The summed E-state index contributed by atoms with van der Waals surface area (Å²) in [5.41, 5.74) is 4.45. The number of nitrogens with one attached hydrogen (secondary N) is 2. The van der Waals surface area contributed by atoms with E-state index in [9.17, 15) is 9.59 Å². The molecule has 8 heteroatoms. The van der Waals surface area contributed by atoms with Gasteiger partial charge in [-0.3, -0.25) is 14.7 Å². The third-order valence-electron chi connectivity index (χ3n) is 5.03. The van der Waals surface area contributed by atoms with Gasteiger partial charge in [0.15, 0.2) is 0 Å². The lowest BCUT2D eigenvalue weighted by atomic mass is 10.1. The lowest BCUT2D eigenvalue weighted by molar-refractivity contribution is 0.103. The summed E-state index contributed by atoms with van der Waals surface area (Å²) in [6.45, 7) is 5.52. The molecule has 0 fully saturated rings. The summed E-state index contributed by atoms with van der Waals surface area (Å²) in [7, 11) is 0. The number of carbonyl (C=O) groups excluding carboxylic acids is 1. The minimum Gasteiger partial charge on any atom is -0.321 e. The van der Waals surface area contributed by atoms with E-state index in [0.29, 0.717) is 38.4 Å². The first kappa shape index (κ1) is 21.1. The molecular weight excluding hydrogens is 432 g/mol. The summed E-state index contributed by atoms with van der Waals surface area (Å²) in [4.78, 5) is 30.7. The van der Waals surface area contributed by atoms with Gasteiger partial charge >= 0.3 is 0 Å². The third kappa shape index (κ3) is 4.33. The molecule has 0 unspecified atom stereocenters. The molecule has 6 nitrogen and oxygen atoms in total. The maximum Gasteiger partial charge on any atom is 0.277 e. The summed E-state index contributed by atoms with van der Waals surface area (Å²) in [6.07, 6.45) is 0.529. The molecule has 0 spiro atoms. The molecule has 0 radical (unpaired) electrons. The van der Waals surface area contributed by atoms with Crippen LogP contribution in [0.25, 0.3) is 5.13 Å². The van der Waals surface area contributed by atoms with Crippen LogP contribution in [0.5, 0.6) is 0 Å². The summed E-state index contributed by atoms with van der Waals surface area (Å²) >= 11 is 7.31. The molecule has 0 atom stereocenters. The average molecular weight is 453 g/mol. The Morgan fingerprint density at radius 3 is 2.61 bits per heavy atom. The first-order valence-electron chi connectivity index (χ1n) is 9.73. The van der Waals surface area contributed by atoms with Gasteiger partial charge in [-0.15, -0.1) is 0 Å². The number of carbonyl (C=O) groups is 1.